The summed E-state index contributed by atoms with van der Waals surface area (Å²) in [4.78, 5) is 6.17. The van der Waals surface area contributed by atoms with Crippen LogP contribution in [0, 0.1) is 30.0 Å². The van der Waals surface area contributed by atoms with E-state index in [4.69, 9.17) is 0 Å². The summed E-state index contributed by atoms with van der Waals surface area (Å²) >= 11 is 1.12. The van der Waals surface area contributed by atoms with Crippen molar-refractivity contribution in [3.63, 3.8) is 0 Å². The van der Waals surface area contributed by atoms with Crippen LogP contribution in [-0.4, -0.2) is 70.3 Å². The molecule has 34 heavy (non-hydrogen) atoms. The van der Waals surface area contributed by atoms with E-state index in [1.165, 1.54) is 11.5 Å². The Balaban J connectivity index is 0.000000746. The van der Waals surface area contributed by atoms with Crippen molar-refractivity contribution in [3.05, 3.63) is 114 Å². The van der Waals surface area contributed by atoms with Gasteiger partial charge in [-0.3, -0.25) is 0 Å². The van der Waals surface area contributed by atoms with Crippen LogP contribution < -0.4 is 4.46 Å². The Bertz CT molecular complexity index is 740. The fourth-order valence-electron chi connectivity index (χ4n) is 2.96. The molecule has 3 aromatic carbocycles. The maximum Gasteiger partial charge on any atom is 2.00 e. The summed E-state index contributed by atoms with van der Waals surface area (Å²) in [6.07, 6.45) is 6.85. The van der Waals surface area contributed by atoms with Gasteiger partial charge >= 0.3 is 183 Å². The average Bonchev–Trinajstić information content (AvgIpc) is 3.61. The zero-order valence-corrected chi connectivity index (χ0v) is 26.4. The summed E-state index contributed by atoms with van der Waals surface area (Å²) in [5.74, 6) is 1.51. The van der Waals surface area contributed by atoms with Gasteiger partial charge in [0.15, 0.2) is 0 Å². The first-order valence-corrected chi connectivity index (χ1v) is 17.0. The topological polar surface area (TPSA) is 6.48 Å². The van der Waals surface area contributed by atoms with Gasteiger partial charge in [-0.15, -0.1) is 0 Å². The fraction of sp³-hybridized carbons (Fsp3) is 0.286. The van der Waals surface area contributed by atoms with E-state index in [2.05, 4.69) is 89.3 Å². The SMILES string of the molecule is C[C@H]([C]1[CH-][CH][CH][C]1[Se][Se]c1[cH-]ccc1[C@@H](C)N(C)C)N(C)C.[Fe+2].[Fe+2].c1cc[cH-]c1.c1cc[cH-]c1. The van der Waals surface area contributed by atoms with Crippen molar-refractivity contribution in [2.24, 2.45) is 0 Å². The molecule has 186 valence electrons. The Morgan fingerprint density at radius 1 is 0.735 bits per heavy atom. The number of hydrogen-bond acceptors (Lipinski definition) is 2. The van der Waals surface area contributed by atoms with Crippen molar-refractivity contribution >= 4 is 30.7 Å². The molecule has 1 aliphatic carbocycles. The van der Waals surface area contributed by atoms with E-state index in [1.807, 2.05) is 60.7 Å². The van der Waals surface area contributed by atoms with Gasteiger partial charge in [0, 0.05) is 0 Å². The van der Waals surface area contributed by atoms with Crippen LogP contribution in [0.15, 0.2) is 78.9 Å². The molecular weight excluding hydrogens is 634 g/mol. The van der Waals surface area contributed by atoms with Crippen molar-refractivity contribution in [1.82, 2.24) is 9.80 Å². The normalized spacial score (nSPS) is 15.4. The molecule has 6 heteroatoms. The first-order valence-electron chi connectivity index (χ1n) is 10.9. The molecule has 0 amide bonds. The van der Waals surface area contributed by atoms with Crippen molar-refractivity contribution in [3.8, 4) is 0 Å². The van der Waals surface area contributed by atoms with Crippen LogP contribution in [0.25, 0.3) is 0 Å². The van der Waals surface area contributed by atoms with Gasteiger partial charge in [0.25, 0.3) is 0 Å². The fourth-order valence-corrected chi connectivity index (χ4v) is 10.6. The molecule has 2 nitrogen and oxygen atoms in total. The number of rotatable bonds is 7. The molecule has 1 aliphatic rings. The molecule has 3 aromatic rings. The summed E-state index contributed by atoms with van der Waals surface area (Å²) in [7, 11) is 8.64. The molecule has 0 heterocycles. The molecule has 4 radical (unpaired) electrons. The van der Waals surface area contributed by atoms with Crippen LogP contribution in [0.3, 0.4) is 0 Å². The summed E-state index contributed by atoms with van der Waals surface area (Å²) in [5.41, 5.74) is 1.51. The number of hydrogen-bond donors (Lipinski definition) is 0. The predicted octanol–water partition coefficient (Wildman–Crippen LogP) is 4.47. The van der Waals surface area contributed by atoms with E-state index >= 15 is 0 Å². The molecule has 0 unspecified atom stereocenters. The zero-order valence-electron chi connectivity index (χ0n) is 20.8. The molecule has 0 spiro atoms. The van der Waals surface area contributed by atoms with Crippen LogP contribution in [0.5, 0.6) is 0 Å². The Morgan fingerprint density at radius 2 is 1.26 bits per heavy atom. The van der Waals surface area contributed by atoms with Gasteiger partial charge in [-0.25, -0.2) is 24.3 Å². The minimum atomic E-state index is 0. The van der Waals surface area contributed by atoms with Crippen LogP contribution in [0.1, 0.15) is 25.5 Å². The second kappa shape index (κ2) is 19.2. The zero-order chi connectivity index (χ0) is 23.3. The monoisotopic (exact) mass is 672 g/mol. The quantitative estimate of drug-likeness (QED) is 0.271. The molecule has 0 aromatic heterocycles. The molecule has 4 rings (SSSR count). The van der Waals surface area contributed by atoms with Crippen molar-refractivity contribution < 1.29 is 34.1 Å². The summed E-state index contributed by atoms with van der Waals surface area (Å²) in [6.45, 7) is 4.59. The molecule has 1 fully saturated rings. The third-order valence-electron chi connectivity index (χ3n) is 5.40. The first-order chi connectivity index (χ1) is 15.4. The largest absolute Gasteiger partial charge is 2.00 e. The maximum atomic E-state index is 2.33. The van der Waals surface area contributed by atoms with E-state index in [-0.39, 0.29) is 34.1 Å². The van der Waals surface area contributed by atoms with Crippen molar-refractivity contribution in [2.45, 2.75) is 25.9 Å². The second-order valence-corrected chi connectivity index (χ2v) is 14.2. The van der Waals surface area contributed by atoms with E-state index in [0.29, 0.717) is 38.3 Å². The Kier molecular flexibility index (Phi) is 19.2. The average molecular weight is 670 g/mol. The Hall–Kier alpha value is 0.0479. The molecular formula is C28H36Fe2N2Se2. The van der Waals surface area contributed by atoms with Gasteiger partial charge in [-0.1, -0.05) is 0 Å². The van der Waals surface area contributed by atoms with Gasteiger partial charge in [0.05, 0.1) is 0 Å². The summed E-state index contributed by atoms with van der Waals surface area (Å²) in [6, 6.07) is 27.8. The van der Waals surface area contributed by atoms with E-state index in [1.54, 1.807) is 9.28 Å². The molecule has 2 atom stereocenters. The maximum absolute atomic E-state index is 2.33. The third-order valence-corrected chi connectivity index (χ3v) is 12.7. The molecule has 0 N–H and O–H groups in total. The van der Waals surface area contributed by atoms with E-state index in [9.17, 15) is 0 Å². The van der Waals surface area contributed by atoms with Gasteiger partial charge in [0.1, 0.15) is 0 Å². The minimum absolute atomic E-state index is 0. The van der Waals surface area contributed by atoms with Crippen molar-refractivity contribution in [1.29, 1.82) is 0 Å². The number of nitrogens with zero attached hydrogens (tertiary/aromatic N) is 2. The van der Waals surface area contributed by atoms with E-state index < -0.39 is 0 Å². The molecule has 0 aliphatic heterocycles. The third kappa shape index (κ3) is 11.9. The Labute approximate surface area is 241 Å². The minimum Gasteiger partial charge on any atom is -0.214 e. The van der Waals surface area contributed by atoms with Gasteiger partial charge in [-0.05, 0) is 0 Å². The second-order valence-electron chi connectivity index (χ2n) is 8.06. The summed E-state index contributed by atoms with van der Waals surface area (Å²) in [5, 5.41) is 0. The van der Waals surface area contributed by atoms with Gasteiger partial charge < -0.3 is 0 Å². The predicted molar refractivity (Wildman–Crippen MR) is 142 cm³/mol. The standard InChI is InChI=1S/C18H26N2Se2.2C5H5.2Fe/c1-13(19(3)4)15-9-7-11-17(15)21-22-18-12-8-10-16(18)14(2)20(5)6;2*1-2-4-5-3-1;;/h7-14H,1-6H3;2*1-5H;;/q-2;2*-1;2*+2/t13-,14-;;;;/m1..../s1. The van der Waals surface area contributed by atoms with E-state index in [0.717, 1.165) is 0 Å². The van der Waals surface area contributed by atoms with Crippen LogP contribution >= 0.6 is 0 Å². The van der Waals surface area contributed by atoms with Gasteiger partial charge in [0.2, 0.25) is 0 Å². The first kappa shape index (κ1) is 34.0. The molecule has 0 saturated heterocycles. The smallest absolute Gasteiger partial charge is 0.214 e. The van der Waals surface area contributed by atoms with Crippen LogP contribution in [-0.2, 0) is 34.1 Å². The Morgan fingerprint density at radius 3 is 1.71 bits per heavy atom. The van der Waals surface area contributed by atoms with Crippen LogP contribution in [0.2, 0.25) is 0 Å². The molecule has 1 saturated carbocycles. The molecule has 0 bridgehead atoms. The van der Waals surface area contributed by atoms with Crippen molar-refractivity contribution in [2.75, 3.05) is 28.2 Å². The van der Waals surface area contributed by atoms with Gasteiger partial charge in [-0.2, -0.15) is 36.4 Å². The van der Waals surface area contributed by atoms with Crippen LogP contribution in [0.4, 0.5) is 0 Å². The summed E-state index contributed by atoms with van der Waals surface area (Å²) < 4.78 is 1.58.